The minimum Gasteiger partial charge on any atom is -0.508 e. The zero-order valence-electron chi connectivity index (χ0n) is 17.5. The highest BCUT2D eigenvalue weighted by Gasteiger charge is 2.18. The Morgan fingerprint density at radius 2 is 1.90 bits per heavy atom. The molecule has 158 valence electrons. The highest BCUT2D eigenvalue weighted by atomic mass is 16.5. The molecule has 0 radical (unpaired) electrons. The average Bonchev–Trinajstić information content (AvgIpc) is 3.26. The van der Waals surface area contributed by atoms with Gasteiger partial charge in [0.05, 0.1) is 24.4 Å². The number of hydrogen-bond acceptors (Lipinski definition) is 5. The minimum atomic E-state index is -0.478. The van der Waals surface area contributed by atoms with Gasteiger partial charge >= 0.3 is 6.09 Å². The van der Waals surface area contributed by atoms with Crippen molar-refractivity contribution in [2.75, 3.05) is 6.61 Å². The first-order chi connectivity index (χ1) is 15.1. The number of rotatable bonds is 6. The van der Waals surface area contributed by atoms with Crippen LogP contribution in [0.25, 0.3) is 33.2 Å². The van der Waals surface area contributed by atoms with Gasteiger partial charge in [-0.1, -0.05) is 25.1 Å². The molecule has 0 saturated heterocycles. The zero-order valence-corrected chi connectivity index (χ0v) is 17.5. The standard InChI is InChI=1S/C24H24N4O3/c1-3-19-20(16-7-10-21-17(11-16)12-27-28-21)13-25-22(14-26-24(30)31-4-2)23(19)15-5-8-18(29)9-6-15/h5-13,29H,3-4,14H2,1-2H3,(H,26,30)(H,27,28). The number of carbonyl (C=O) groups is 1. The number of phenols is 1. The summed E-state index contributed by atoms with van der Waals surface area (Å²) in [5.74, 6) is 0.197. The lowest BCUT2D eigenvalue weighted by atomic mass is 9.90. The van der Waals surface area contributed by atoms with Gasteiger partial charge in [-0.15, -0.1) is 0 Å². The van der Waals surface area contributed by atoms with Crippen LogP contribution in [0.15, 0.2) is 54.9 Å². The summed E-state index contributed by atoms with van der Waals surface area (Å²) in [7, 11) is 0. The van der Waals surface area contributed by atoms with Gasteiger partial charge in [-0.3, -0.25) is 10.1 Å². The van der Waals surface area contributed by atoms with E-state index < -0.39 is 6.09 Å². The van der Waals surface area contributed by atoms with Crippen LogP contribution in [0.3, 0.4) is 0 Å². The van der Waals surface area contributed by atoms with E-state index in [0.717, 1.165) is 50.8 Å². The molecule has 1 amide bonds. The molecule has 0 aliphatic carbocycles. The third kappa shape index (κ3) is 4.21. The van der Waals surface area contributed by atoms with E-state index in [1.54, 1.807) is 19.1 Å². The number of benzene rings is 2. The van der Waals surface area contributed by atoms with Crippen LogP contribution in [0, 0.1) is 0 Å². The number of alkyl carbamates (subject to hydrolysis) is 1. The molecule has 4 rings (SSSR count). The quantitative estimate of drug-likeness (QED) is 0.419. The fraction of sp³-hybridized carbons (Fsp3) is 0.208. The second-order valence-corrected chi connectivity index (χ2v) is 7.11. The highest BCUT2D eigenvalue weighted by molar-refractivity contribution is 5.87. The summed E-state index contributed by atoms with van der Waals surface area (Å²) in [6.07, 6.45) is 4.01. The number of aromatic nitrogens is 3. The lowest BCUT2D eigenvalue weighted by Crippen LogP contribution is -2.24. The number of phenolic OH excluding ortho intramolecular Hbond substituents is 1. The van der Waals surface area contributed by atoms with E-state index in [-0.39, 0.29) is 12.3 Å². The summed E-state index contributed by atoms with van der Waals surface area (Å²) < 4.78 is 4.99. The van der Waals surface area contributed by atoms with Crippen LogP contribution in [-0.2, 0) is 17.7 Å². The second kappa shape index (κ2) is 8.87. The number of ether oxygens (including phenoxy) is 1. The number of fused-ring (bicyclic) bond motifs is 1. The molecule has 0 aliphatic heterocycles. The summed E-state index contributed by atoms with van der Waals surface area (Å²) in [5.41, 5.74) is 6.70. The maximum Gasteiger partial charge on any atom is 0.407 e. The summed E-state index contributed by atoms with van der Waals surface area (Å²) in [6, 6.07) is 13.1. The molecule has 0 unspecified atom stereocenters. The molecular formula is C24H24N4O3. The molecular weight excluding hydrogens is 392 g/mol. The van der Waals surface area contributed by atoms with Crippen molar-refractivity contribution < 1.29 is 14.6 Å². The molecule has 0 bridgehead atoms. The predicted molar refractivity (Wildman–Crippen MR) is 120 cm³/mol. The molecule has 0 fully saturated rings. The van der Waals surface area contributed by atoms with Gasteiger partial charge in [-0.2, -0.15) is 5.10 Å². The normalized spacial score (nSPS) is 10.9. The van der Waals surface area contributed by atoms with Gasteiger partial charge in [-0.05, 0) is 54.3 Å². The number of hydrogen-bond donors (Lipinski definition) is 3. The third-order valence-corrected chi connectivity index (χ3v) is 5.19. The Kier molecular flexibility index (Phi) is 5.84. The molecule has 2 aromatic heterocycles. The van der Waals surface area contributed by atoms with Gasteiger partial charge in [0, 0.05) is 28.9 Å². The number of nitrogens with one attached hydrogen (secondary N) is 2. The first-order valence-electron chi connectivity index (χ1n) is 10.2. The Hall–Kier alpha value is -3.87. The van der Waals surface area contributed by atoms with Gasteiger partial charge < -0.3 is 15.2 Å². The Morgan fingerprint density at radius 3 is 2.65 bits per heavy atom. The number of amides is 1. The Morgan fingerprint density at radius 1 is 1.13 bits per heavy atom. The number of pyridine rings is 1. The molecule has 7 heteroatoms. The fourth-order valence-corrected chi connectivity index (χ4v) is 3.76. The van der Waals surface area contributed by atoms with Crippen LogP contribution >= 0.6 is 0 Å². The zero-order chi connectivity index (χ0) is 21.8. The van der Waals surface area contributed by atoms with E-state index in [9.17, 15) is 9.90 Å². The van der Waals surface area contributed by atoms with E-state index in [0.29, 0.717) is 6.61 Å². The van der Waals surface area contributed by atoms with E-state index >= 15 is 0 Å². The number of nitrogens with zero attached hydrogens (tertiary/aromatic N) is 2. The van der Waals surface area contributed by atoms with Crippen molar-refractivity contribution in [2.45, 2.75) is 26.8 Å². The second-order valence-electron chi connectivity index (χ2n) is 7.11. The van der Waals surface area contributed by atoms with E-state index in [1.807, 2.05) is 36.7 Å². The van der Waals surface area contributed by atoms with E-state index in [4.69, 9.17) is 9.72 Å². The van der Waals surface area contributed by atoms with E-state index in [1.165, 1.54) is 0 Å². The van der Waals surface area contributed by atoms with Gasteiger partial charge in [0.1, 0.15) is 5.75 Å². The van der Waals surface area contributed by atoms with Gasteiger partial charge in [0.25, 0.3) is 0 Å². The Labute approximate surface area is 180 Å². The van der Waals surface area contributed by atoms with Crippen LogP contribution in [-0.4, -0.2) is 33.0 Å². The monoisotopic (exact) mass is 416 g/mol. The summed E-state index contributed by atoms with van der Waals surface area (Å²) in [5, 5.41) is 20.7. The summed E-state index contributed by atoms with van der Waals surface area (Å²) >= 11 is 0. The fourth-order valence-electron chi connectivity index (χ4n) is 3.76. The molecule has 7 nitrogen and oxygen atoms in total. The third-order valence-electron chi connectivity index (χ3n) is 5.19. The molecule has 0 saturated carbocycles. The molecule has 2 aromatic carbocycles. The predicted octanol–water partition coefficient (Wildman–Crippen LogP) is 4.81. The Balaban J connectivity index is 1.84. The number of H-pyrrole nitrogens is 1. The lowest BCUT2D eigenvalue weighted by Gasteiger charge is -2.18. The lowest BCUT2D eigenvalue weighted by molar-refractivity contribution is 0.151. The van der Waals surface area contributed by atoms with Crippen LogP contribution in [0.1, 0.15) is 25.1 Å². The van der Waals surface area contributed by atoms with Crippen molar-refractivity contribution in [2.24, 2.45) is 0 Å². The van der Waals surface area contributed by atoms with Crippen molar-refractivity contribution in [3.05, 3.63) is 66.1 Å². The summed E-state index contributed by atoms with van der Waals surface area (Å²) in [4.78, 5) is 16.6. The number of carbonyl (C=O) groups excluding carboxylic acids is 1. The maximum absolute atomic E-state index is 11.8. The average molecular weight is 416 g/mol. The van der Waals surface area contributed by atoms with Crippen molar-refractivity contribution in [3.63, 3.8) is 0 Å². The van der Waals surface area contributed by atoms with E-state index in [2.05, 4.69) is 28.5 Å². The number of aromatic amines is 1. The van der Waals surface area contributed by atoms with Gasteiger partial charge in [-0.25, -0.2) is 4.79 Å². The van der Waals surface area contributed by atoms with Crippen LogP contribution < -0.4 is 5.32 Å². The highest BCUT2D eigenvalue weighted by Crippen LogP contribution is 2.36. The first-order valence-corrected chi connectivity index (χ1v) is 10.2. The Bertz CT molecular complexity index is 1220. The molecule has 31 heavy (non-hydrogen) atoms. The molecule has 2 heterocycles. The van der Waals surface area contributed by atoms with Gasteiger partial charge in [0.2, 0.25) is 0 Å². The van der Waals surface area contributed by atoms with Crippen molar-refractivity contribution in [3.8, 4) is 28.0 Å². The topological polar surface area (TPSA) is 100 Å². The molecule has 3 N–H and O–H groups in total. The van der Waals surface area contributed by atoms with Crippen molar-refractivity contribution in [1.82, 2.24) is 20.5 Å². The minimum absolute atomic E-state index is 0.197. The van der Waals surface area contributed by atoms with Crippen molar-refractivity contribution >= 4 is 17.0 Å². The van der Waals surface area contributed by atoms with Gasteiger partial charge in [0.15, 0.2) is 0 Å². The maximum atomic E-state index is 11.8. The van der Waals surface area contributed by atoms with Crippen molar-refractivity contribution in [1.29, 1.82) is 0 Å². The first kappa shape index (κ1) is 20.4. The smallest absolute Gasteiger partial charge is 0.407 e. The van der Waals surface area contributed by atoms with Crippen LogP contribution in [0.5, 0.6) is 5.75 Å². The molecule has 0 spiro atoms. The molecule has 4 aromatic rings. The van der Waals surface area contributed by atoms with Crippen LogP contribution in [0.4, 0.5) is 4.79 Å². The SMILES string of the molecule is CCOC(=O)NCc1ncc(-c2ccc3n[nH]cc3c2)c(CC)c1-c1ccc(O)cc1. The van der Waals surface area contributed by atoms with Crippen LogP contribution in [0.2, 0.25) is 0 Å². The molecule has 0 aliphatic rings. The number of aromatic hydroxyl groups is 1. The largest absolute Gasteiger partial charge is 0.508 e. The summed E-state index contributed by atoms with van der Waals surface area (Å²) in [6.45, 7) is 4.41. The molecule has 0 atom stereocenters.